The first kappa shape index (κ1) is 23.3. The topological polar surface area (TPSA) is 147 Å². The highest BCUT2D eigenvalue weighted by Crippen LogP contribution is 2.30. The number of oxime groups is 1. The number of hydrogen-bond acceptors (Lipinski definition) is 11. The fourth-order valence-corrected chi connectivity index (χ4v) is 2.83. The lowest BCUT2D eigenvalue weighted by molar-refractivity contribution is -0.241. The van der Waals surface area contributed by atoms with E-state index in [9.17, 15) is 24.4 Å². The molecule has 0 aromatic rings. The van der Waals surface area contributed by atoms with Crippen LogP contribution in [0, 0.1) is 0 Å². The van der Waals surface area contributed by atoms with Crippen molar-refractivity contribution >= 4 is 29.6 Å². The van der Waals surface area contributed by atoms with E-state index >= 15 is 0 Å². The van der Waals surface area contributed by atoms with Gasteiger partial charge in [0.25, 0.3) is 0 Å². The average Bonchev–Trinajstić information content (AvgIpc) is 2.57. The number of carbonyl (C=O) groups is 4. The van der Waals surface area contributed by atoms with E-state index in [0.717, 1.165) is 20.8 Å². The minimum atomic E-state index is -1.28. The molecule has 0 saturated carbocycles. The van der Waals surface area contributed by atoms with Crippen LogP contribution >= 0.6 is 0 Å². The van der Waals surface area contributed by atoms with E-state index in [0.29, 0.717) is 0 Å². The second-order valence-electron chi connectivity index (χ2n) is 6.06. The molecule has 0 aliphatic carbocycles. The zero-order valence-electron chi connectivity index (χ0n) is 16.4. The van der Waals surface area contributed by atoms with Crippen LogP contribution < -0.4 is 0 Å². The highest BCUT2D eigenvalue weighted by Gasteiger charge is 2.53. The Balaban J connectivity index is 3.41. The molecule has 1 aliphatic rings. The Hall–Kier alpha value is -2.69. The van der Waals surface area contributed by atoms with Gasteiger partial charge in [-0.15, -0.1) is 0 Å². The molecule has 11 nitrogen and oxygen atoms in total. The van der Waals surface area contributed by atoms with Crippen LogP contribution in [0.15, 0.2) is 5.16 Å². The Labute approximate surface area is 161 Å². The molecular formula is C17H25NO10. The molecule has 11 heteroatoms. The maximum Gasteiger partial charge on any atom is 0.303 e. The normalized spacial score (nSPS) is 27.5. The van der Waals surface area contributed by atoms with Crippen LogP contribution in [-0.4, -0.2) is 71.9 Å². The van der Waals surface area contributed by atoms with Crippen molar-refractivity contribution in [3.63, 3.8) is 0 Å². The van der Waals surface area contributed by atoms with Gasteiger partial charge in [0.2, 0.25) is 0 Å². The molecule has 1 fully saturated rings. The summed E-state index contributed by atoms with van der Waals surface area (Å²) in [5.41, 5.74) is 0.0949. The summed E-state index contributed by atoms with van der Waals surface area (Å²) in [5, 5.41) is 12.5. The van der Waals surface area contributed by atoms with E-state index in [1.807, 2.05) is 0 Å². The minimum absolute atomic E-state index is 0.0949. The molecule has 0 aromatic heterocycles. The Morgan fingerprint density at radius 1 is 0.857 bits per heavy atom. The number of carbonyl (C=O) groups excluding carboxylic acids is 4. The zero-order chi connectivity index (χ0) is 21.4. The fourth-order valence-electron chi connectivity index (χ4n) is 2.83. The summed E-state index contributed by atoms with van der Waals surface area (Å²) < 4.78 is 26.5. The first-order valence-corrected chi connectivity index (χ1v) is 8.61. The van der Waals surface area contributed by atoms with Crippen molar-refractivity contribution < 1.29 is 48.1 Å². The lowest BCUT2D eigenvalue weighted by Crippen LogP contribution is -2.64. The molecule has 1 heterocycles. The van der Waals surface area contributed by atoms with Gasteiger partial charge in [0.1, 0.15) is 18.8 Å². The van der Waals surface area contributed by atoms with Gasteiger partial charge in [-0.3, -0.25) is 19.2 Å². The number of rotatable bonds is 7. The zero-order valence-corrected chi connectivity index (χ0v) is 16.4. The highest BCUT2D eigenvalue weighted by atomic mass is 16.7. The fraction of sp³-hybridized carbons (Fsp3) is 0.706. The molecule has 28 heavy (non-hydrogen) atoms. The Morgan fingerprint density at radius 3 is 1.79 bits per heavy atom. The van der Waals surface area contributed by atoms with Crippen molar-refractivity contribution in [2.75, 3.05) is 6.61 Å². The van der Waals surface area contributed by atoms with Crippen molar-refractivity contribution in [2.24, 2.45) is 5.16 Å². The summed E-state index contributed by atoms with van der Waals surface area (Å²) >= 11 is 0. The molecular weight excluding hydrogens is 378 g/mol. The summed E-state index contributed by atoms with van der Waals surface area (Å²) in [4.78, 5) is 46.1. The number of esters is 4. The van der Waals surface area contributed by atoms with Crippen molar-refractivity contribution in [1.29, 1.82) is 0 Å². The van der Waals surface area contributed by atoms with Crippen LogP contribution in [0.4, 0.5) is 0 Å². The van der Waals surface area contributed by atoms with E-state index in [2.05, 4.69) is 5.16 Å². The van der Waals surface area contributed by atoms with Crippen LogP contribution in [-0.2, 0) is 42.9 Å². The van der Waals surface area contributed by atoms with Gasteiger partial charge in [0.15, 0.2) is 18.3 Å². The van der Waals surface area contributed by atoms with E-state index in [1.54, 1.807) is 6.92 Å². The minimum Gasteiger partial charge on any atom is -0.463 e. The summed E-state index contributed by atoms with van der Waals surface area (Å²) in [7, 11) is 0. The summed E-state index contributed by atoms with van der Waals surface area (Å²) in [6, 6.07) is 0. The largest absolute Gasteiger partial charge is 0.463 e. The molecule has 1 rings (SSSR count). The summed E-state index contributed by atoms with van der Waals surface area (Å²) in [5.74, 6) is -2.78. The summed E-state index contributed by atoms with van der Waals surface area (Å²) in [6.07, 6.45) is -5.77. The van der Waals surface area contributed by atoms with Crippen molar-refractivity contribution in [2.45, 2.75) is 71.6 Å². The second kappa shape index (κ2) is 10.6. The standard InChI is InChI=1S/C17H25NO10/c1-6-12(18-23)14-16(26-10(4)21)17(27-11(5)22)15(25-9(3)20)13(28-14)7-24-8(2)19/h13-17,23H,6-7H2,1-5H3/b18-12+/t13-,14+,15-,16+,17+/m1/s1. The number of nitrogens with zero attached hydrogens (tertiary/aromatic N) is 1. The SMILES string of the molecule is CC/C(=N\O)[C@@H]1O[C@H](COC(C)=O)[C@@H](OC(C)=O)[C@H](OC(C)=O)[C@H]1OC(C)=O. The lowest BCUT2D eigenvalue weighted by atomic mass is 9.91. The molecule has 0 bridgehead atoms. The molecule has 158 valence electrons. The van der Waals surface area contributed by atoms with Crippen LogP contribution in [0.5, 0.6) is 0 Å². The van der Waals surface area contributed by atoms with Crippen LogP contribution in [0.1, 0.15) is 41.0 Å². The third kappa shape index (κ3) is 6.48. The summed E-state index contributed by atoms with van der Waals surface area (Å²) in [6.45, 7) is 5.91. The van der Waals surface area contributed by atoms with E-state index < -0.39 is 54.4 Å². The van der Waals surface area contributed by atoms with Gasteiger partial charge in [0.05, 0.1) is 5.71 Å². The van der Waals surface area contributed by atoms with Gasteiger partial charge in [-0.2, -0.15) is 0 Å². The Morgan fingerprint density at radius 2 is 1.36 bits per heavy atom. The van der Waals surface area contributed by atoms with Gasteiger partial charge in [-0.1, -0.05) is 12.1 Å². The predicted molar refractivity (Wildman–Crippen MR) is 91.5 cm³/mol. The van der Waals surface area contributed by atoms with Crippen molar-refractivity contribution in [3.05, 3.63) is 0 Å². The van der Waals surface area contributed by atoms with Crippen LogP contribution in [0.25, 0.3) is 0 Å². The Bertz CT molecular complexity index is 631. The van der Waals surface area contributed by atoms with Gasteiger partial charge >= 0.3 is 23.9 Å². The molecule has 5 atom stereocenters. The first-order valence-electron chi connectivity index (χ1n) is 8.61. The van der Waals surface area contributed by atoms with E-state index in [1.165, 1.54) is 6.92 Å². The third-order valence-corrected chi connectivity index (χ3v) is 3.81. The first-order chi connectivity index (χ1) is 13.1. The lowest BCUT2D eigenvalue weighted by Gasteiger charge is -2.44. The quantitative estimate of drug-likeness (QED) is 0.208. The molecule has 1 saturated heterocycles. The number of hydrogen-bond donors (Lipinski definition) is 1. The monoisotopic (exact) mass is 403 g/mol. The maximum atomic E-state index is 11.7. The average molecular weight is 403 g/mol. The molecule has 1 aliphatic heterocycles. The number of ether oxygens (including phenoxy) is 5. The smallest absolute Gasteiger partial charge is 0.303 e. The molecule has 0 radical (unpaired) electrons. The van der Waals surface area contributed by atoms with Gasteiger partial charge < -0.3 is 28.9 Å². The van der Waals surface area contributed by atoms with Crippen molar-refractivity contribution in [3.8, 4) is 0 Å². The molecule has 1 N–H and O–H groups in total. The van der Waals surface area contributed by atoms with E-state index in [-0.39, 0.29) is 18.7 Å². The molecule has 0 spiro atoms. The third-order valence-electron chi connectivity index (χ3n) is 3.81. The van der Waals surface area contributed by atoms with Crippen molar-refractivity contribution in [1.82, 2.24) is 0 Å². The van der Waals surface area contributed by atoms with Gasteiger partial charge in [-0.05, 0) is 6.42 Å². The van der Waals surface area contributed by atoms with E-state index in [4.69, 9.17) is 23.7 Å². The predicted octanol–water partition coefficient (Wildman–Crippen LogP) is 0.352. The van der Waals surface area contributed by atoms with Crippen LogP contribution in [0.2, 0.25) is 0 Å². The maximum absolute atomic E-state index is 11.7. The van der Waals surface area contributed by atoms with Crippen LogP contribution in [0.3, 0.4) is 0 Å². The molecule has 0 unspecified atom stereocenters. The Kier molecular flexibility index (Phi) is 8.83. The second-order valence-corrected chi connectivity index (χ2v) is 6.06. The highest BCUT2D eigenvalue weighted by molar-refractivity contribution is 5.89. The molecule has 0 amide bonds. The van der Waals surface area contributed by atoms with Gasteiger partial charge in [-0.25, -0.2) is 0 Å². The molecule has 0 aromatic carbocycles. The van der Waals surface area contributed by atoms with Gasteiger partial charge in [0, 0.05) is 27.7 Å².